The fraction of sp³-hybridized carbons (Fsp3) is 0.393. The number of nitrogens with zero attached hydrogens (tertiary/aromatic N) is 3. The van der Waals surface area contributed by atoms with Gasteiger partial charge in [0.1, 0.15) is 17.6 Å². The minimum absolute atomic E-state index is 0.0907. The molecule has 3 aromatic rings. The van der Waals surface area contributed by atoms with Crippen molar-refractivity contribution in [3.05, 3.63) is 78.7 Å². The minimum Gasteiger partial charge on any atom is -0.491 e. The summed E-state index contributed by atoms with van der Waals surface area (Å²) >= 11 is 1.26. The molecule has 1 atom stereocenters. The minimum atomic E-state index is -0.741. The molecular formula is C28H33N3O5S. The van der Waals surface area contributed by atoms with Gasteiger partial charge in [-0.3, -0.25) is 9.36 Å². The largest absolute Gasteiger partial charge is 0.491 e. The quantitative estimate of drug-likeness (QED) is 0.394. The van der Waals surface area contributed by atoms with Crippen molar-refractivity contribution >= 4 is 29.3 Å². The van der Waals surface area contributed by atoms with Crippen LogP contribution in [-0.2, 0) is 9.53 Å². The number of rotatable bonds is 9. The molecule has 0 amide bonds. The van der Waals surface area contributed by atoms with Crippen molar-refractivity contribution < 1.29 is 18.7 Å². The molecule has 0 spiro atoms. The van der Waals surface area contributed by atoms with E-state index in [9.17, 15) is 9.59 Å². The van der Waals surface area contributed by atoms with Crippen LogP contribution < -0.4 is 24.5 Å². The third-order valence-corrected chi connectivity index (χ3v) is 7.04. The molecule has 4 rings (SSSR count). The Kier molecular flexibility index (Phi) is 8.02. The topological polar surface area (TPSA) is 86.3 Å². The van der Waals surface area contributed by atoms with E-state index in [0.29, 0.717) is 37.7 Å². The van der Waals surface area contributed by atoms with Crippen molar-refractivity contribution in [2.45, 2.75) is 53.7 Å². The second-order valence-corrected chi connectivity index (χ2v) is 9.86. The number of aromatic nitrogens is 1. The Hall–Kier alpha value is -3.59. The summed E-state index contributed by atoms with van der Waals surface area (Å²) in [5, 5.41) is 0. The SMILES string of the molecule is CCOC(=O)C1=C(C)N=c2s/c(=C/c3ccc(N(CC)CC)o3)c(=O)n2[C@@H]1c1ccccc1OC(C)C. The average Bonchev–Trinajstić information content (AvgIpc) is 3.44. The summed E-state index contributed by atoms with van der Waals surface area (Å²) < 4.78 is 19.5. The van der Waals surface area contributed by atoms with Crippen molar-refractivity contribution in [2.24, 2.45) is 4.99 Å². The number of hydrogen-bond donors (Lipinski definition) is 0. The first-order chi connectivity index (χ1) is 17.8. The van der Waals surface area contributed by atoms with Gasteiger partial charge in [0.25, 0.3) is 5.56 Å². The Bertz CT molecular complexity index is 1490. The molecule has 0 aliphatic carbocycles. The van der Waals surface area contributed by atoms with E-state index in [4.69, 9.17) is 13.9 Å². The Labute approximate surface area is 220 Å². The molecule has 0 saturated heterocycles. The molecule has 3 heterocycles. The molecule has 0 N–H and O–H groups in total. The van der Waals surface area contributed by atoms with Gasteiger partial charge in [0, 0.05) is 30.8 Å². The van der Waals surface area contributed by atoms with Crippen molar-refractivity contribution in [1.82, 2.24) is 4.57 Å². The molecule has 0 unspecified atom stereocenters. The van der Waals surface area contributed by atoms with E-state index < -0.39 is 12.0 Å². The van der Waals surface area contributed by atoms with Crippen LogP contribution in [0.1, 0.15) is 58.9 Å². The molecular weight excluding hydrogens is 490 g/mol. The van der Waals surface area contributed by atoms with Gasteiger partial charge >= 0.3 is 5.97 Å². The van der Waals surface area contributed by atoms with Gasteiger partial charge in [-0.1, -0.05) is 29.5 Å². The van der Waals surface area contributed by atoms with E-state index in [-0.39, 0.29) is 18.3 Å². The van der Waals surface area contributed by atoms with E-state index >= 15 is 0 Å². The number of anilines is 1. The normalized spacial score (nSPS) is 15.5. The van der Waals surface area contributed by atoms with E-state index in [0.717, 1.165) is 19.0 Å². The molecule has 1 aliphatic rings. The van der Waals surface area contributed by atoms with Gasteiger partial charge in [-0.25, -0.2) is 9.79 Å². The van der Waals surface area contributed by atoms with Gasteiger partial charge in [-0.2, -0.15) is 0 Å². The predicted molar refractivity (Wildman–Crippen MR) is 145 cm³/mol. The summed E-state index contributed by atoms with van der Waals surface area (Å²) in [7, 11) is 0. The van der Waals surface area contributed by atoms with E-state index in [1.54, 1.807) is 24.5 Å². The van der Waals surface area contributed by atoms with Crippen LogP contribution in [-0.4, -0.2) is 36.3 Å². The molecule has 196 valence electrons. The highest BCUT2D eigenvalue weighted by molar-refractivity contribution is 7.07. The first-order valence-corrected chi connectivity index (χ1v) is 13.4. The fourth-order valence-corrected chi connectivity index (χ4v) is 5.43. The summed E-state index contributed by atoms with van der Waals surface area (Å²) in [4.78, 5) is 34.2. The van der Waals surface area contributed by atoms with Crippen LogP contribution >= 0.6 is 11.3 Å². The zero-order chi connectivity index (χ0) is 26.7. The van der Waals surface area contributed by atoms with Crippen LogP contribution in [0.3, 0.4) is 0 Å². The zero-order valence-electron chi connectivity index (χ0n) is 22.1. The van der Waals surface area contributed by atoms with E-state index in [1.165, 1.54) is 11.3 Å². The molecule has 0 fully saturated rings. The molecule has 0 saturated carbocycles. The lowest BCUT2D eigenvalue weighted by molar-refractivity contribution is -0.139. The number of carbonyl (C=O) groups excluding carboxylic acids is 1. The fourth-order valence-electron chi connectivity index (χ4n) is 4.41. The Morgan fingerprint density at radius 2 is 1.92 bits per heavy atom. The van der Waals surface area contributed by atoms with Gasteiger partial charge in [0.2, 0.25) is 0 Å². The highest BCUT2D eigenvalue weighted by atomic mass is 32.1. The van der Waals surface area contributed by atoms with E-state index in [2.05, 4.69) is 23.7 Å². The van der Waals surface area contributed by atoms with E-state index in [1.807, 2.05) is 50.2 Å². The number of para-hydroxylation sites is 1. The number of esters is 1. The van der Waals surface area contributed by atoms with Gasteiger partial charge in [0.15, 0.2) is 10.7 Å². The Balaban J connectivity index is 1.91. The highest BCUT2D eigenvalue weighted by Crippen LogP contribution is 2.36. The zero-order valence-corrected chi connectivity index (χ0v) is 22.9. The van der Waals surface area contributed by atoms with Crippen molar-refractivity contribution in [2.75, 3.05) is 24.6 Å². The summed E-state index contributed by atoms with van der Waals surface area (Å²) in [6.07, 6.45) is 1.64. The number of hydrogen-bond acceptors (Lipinski definition) is 8. The lowest BCUT2D eigenvalue weighted by atomic mass is 9.95. The number of benzene rings is 1. The molecule has 8 nitrogen and oxygen atoms in total. The lowest BCUT2D eigenvalue weighted by Gasteiger charge is -2.26. The Morgan fingerprint density at radius 1 is 1.19 bits per heavy atom. The number of thiazole rings is 1. The summed E-state index contributed by atoms with van der Waals surface area (Å²) in [6.45, 7) is 13.4. The number of carbonyl (C=O) groups is 1. The summed E-state index contributed by atoms with van der Waals surface area (Å²) in [6, 6.07) is 10.5. The van der Waals surface area contributed by atoms with Crippen LogP contribution in [0.5, 0.6) is 5.75 Å². The second kappa shape index (κ2) is 11.2. The molecule has 0 radical (unpaired) electrons. The maximum atomic E-state index is 13.8. The van der Waals surface area contributed by atoms with Crippen LogP contribution in [0.2, 0.25) is 0 Å². The Morgan fingerprint density at radius 3 is 2.59 bits per heavy atom. The number of fused-ring (bicyclic) bond motifs is 1. The molecule has 0 bridgehead atoms. The first kappa shape index (κ1) is 26.5. The molecule has 9 heteroatoms. The standard InChI is InChI=1S/C28H33N3O5S/c1-7-30(8-2)23-15-14-19(36-23)16-22-26(32)31-25(20-12-10-11-13-21(20)35-17(4)5)24(27(33)34-9-3)18(6)29-28(31)37-22/h10-17,25H,7-9H2,1-6H3/b22-16+/t25-/m1/s1. The summed E-state index contributed by atoms with van der Waals surface area (Å²) in [5.41, 5.74) is 1.27. The van der Waals surface area contributed by atoms with Crippen LogP contribution in [0, 0.1) is 0 Å². The molecule has 1 aromatic carbocycles. The third kappa shape index (κ3) is 5.27. The smallest absolute Gasteiger partial charge is 0.338 e. The summed E-state index contributed by atoms with van der Waals surface area (Å²) in [5.74, 6) is 1.43. The second-order valence-electron chi connectivity index (χ2n) is 8.85. The van der Waals surface area contributed by atoms with Crippen LogP contribution in [0.15, 0.2) is 61.9 Å². The molecule has 2 aromatic heterocycles. The monoisotopic (exact) mass is 523 g/mol. The van der Waals surface area contributed by atoms with Gasteiger partial charge in [0.05, 0.1) is 28.5 Å². The molecule has 37 heavy (non-hydrogen) atoms. The van der Waals surface area contributed by atoms with Crippen LogP contribution in [0.25, 0.3) is 6.08 Å². The number of ether oxygens (including phenoxy) is 2. The molecule has 1 aliphatic heterocycles. The number of furan rings is 1. The van der Waals surface area contributed by atoms with Gasteiger partial charge in [-0.05, 0) is 53.7 Å². The lowest BCUT2D eigenvalue weighted by Crippen LogP contribution is -2.40. The highest BCUT2D eigenvalue weighted by Gasteiger charge is 2.35. The van der Waals surface area contributed by atoms with Crippen molar-refractivity contribution in [3.63, 3.8) is 0 Å². The maximum absolute atomic E-state index is 13.8. The van der Waals surface area contributed by atoms with Crippen molar-refractivity contribution in [1.29, 1.82) is 0 Å². The number of allylic oxidation sites excluding steroid dienone is 1. The first-order valence-electron chi connectivity index (χ1n) is 12.6. The predicted octanol–water partition coefficient (Wildman–Crippen LogP) is 4.02. The van der Waals surface area contributed by atoms with Gasteiger partial charge in [-0.15, -0.1) is 0 Å². The average molecular weight is 524 g/mol. The van der Waals surface area contributed by atoms with Gasteiger partial charge < -0.3 is 18.8 Å². The third-order valence-electron chi connectivity index (χ3n) is 6.05. The maximum Gasteiger partial charge on any atom is 0.338 e. The van der Waals surface area contributed by atoms with Crippen LogP contribution in [0.4, 0.5) is 5.88 Å². The van der Waals surface area contributed by atoms with Crippen molar-refractivity contribution in [3.8, 4) is 5.75 Å².